The Morgan fingerprint density at radius 1 is 1.05 bits per heavy atom. The van der Waals surface area contributed by atoms with E-state index in [0.29, 0.717) is 5.56 Å². The number of fused-ring (bicyclic) bond motifs is 1. The molecular formula is C16H12F2N2O. The van der Waals surface area contributed by atoms with Gasteiger partial charge in [0.25, 0.3) is 0 Å². The molecule has 0 amide bonds. The summed E-state index contributed by atoms with van der Waals surface area (Å²) in [6.07, 6.45) is 1.66. The van der Waals surface area contributed by atoms with Crippen LogP contribution in [0.15, 0.2) is 48.7 Å². The summed E-state index contributed by atoms with van der Waals surface area (Å²) in [7, 11) is 0. The van der Waals surface area contributed by atoms with Crippen molar-refractivity contribution in [1.82, 2.24) is 4.98 Å². The maximum Gasteiger partial charge on any atom is 0.187 e. The summed E-state index contributed by atoms with van der Waals surface area (Å²) in [5.41, 5.74) is 2.03. The van der Waals surface area contributed by atoms with E-state index in [2.05, 4.69) is 10.3 Å². The third-order valence-electron chi connectivity index (χ3n) is 3.16. The molecule has 0 aliphatic rings. The number of anilines is 1. The Hall–Kier alpha value is -2.69. The van der Waals surface area contributed by atoms with Gasteiger partial charge in [-0.25, -0.2) is 8.78 Å². The topological polar surface area (TPSA) is 45.1 Å². The molecule has 3 nitrogen and oxygen atoms in total. The van der Waals surface area contributed by atoms with Crippen LogP contribution in [0.25, 0.3) is 10.9 Å². The number of hydrogen-bond acceptors (Lipinski definition) is 3. The molecule has 0 saturated carbocycles. The van der Waals surface area contributed by atoms with Crippen molar-refractivity contribution in [3.05, 3.63) is 65.9 Å². The quantitative estimate of drug-likeness (QED) is 0.769. The van der Waals surface area contributed by atoms with Crippen LogP contribution in [-0.2, 0) is 6.54 Å². The van der Waals surface area contributed by atoms with Crippen molar-refractivity contribution in [3.8, 4) is 5.75 Å². The molecule has 0 bridgehead atoms. The van der Waals surface area contributed by atoms with E-state index in [1.54, 1.807) is 6.20 Å². The van der Waals surface area contributed by atoms with Crippen LogP contribution >= 0.6 is 0 Å². The Labute approximate surface area is 119 Å². The lowest BCUT2D eigenvalue weighted by molar-refractivity contribution is 0.395. The lowest BCUT2D eigenvalue weighted by atomic mass is 10.2. The number of hydrogen-bond donors (Lipinski definition) is 2. The molecule has 3 rings (SSSR count). The molecule has 106 valence electrons. The molecule has 0 atom stereocenters. The molecule has 1 aromatic heterocycles. The molecule has 0 fully saturated rings. The Balaban J connectivity index is 1.80. The van der Waals surface area contributed by atoms with Gasteiger partial charge in [0, 0.05) is 11.9 Å². The lowest BCUT2D eigenvalue weighted by Gasteiger charge is -2.08. The highest BCUT2D eigenvalue weighted by Gasteiger charge is 2.09. The second kappa shape index (κ2) is 5.36. The van der Waals surface area contributed by atoms with Gasteiger partial charge in [-0.15, -0.1) is 0 Å². The Kier molecular flexibility index (Phi) is 3.39. The third kappa shape index (κ3) is 2.76. The Morgan fingerprint density at radius 2 is 1.76 bits per heavy atom. The highest BCUT2D eigenvalue weighted by Crippen LogP contribution is 2.22. The number of phenolic OH excluding ortho intramolecular Hbond substituents is 1. The van der Waals surface area contributed by atoms with Crippen molar-refractivity contribution >= 4 is 16.6 Å². The van der Waals surface area contributed by atoms with E-state index in [0.717, 1.165) is 28.7 Å². The molecule has 0 unspecified atom stereocenters. The van der Waals surface area contributed by atoms with E-state index in [9.17, 15) is 8.78 Å². The fourth-order valence-corrected chi connectivity index (χ4v) is 2.09. The van der Waals surface area contributed by atoms with E-state index >= 15 is 0 Å². The number of aromatic hydroxyl groups is 1. The summed E-state index contributed by atoms with van der Waals surface area (Å²) in [5.74, 6) is -2.89. The van der Waals surface area contributed by atoms with Crippen LogP contribution in [0.5, 0.6) is 5.75 Å². The van der Waals surface area contributed by atoms with Gasteiger partial charge in [-0.05, 0) is 29.8 Å². The first kappa shape index (κ1) is 13.3. The standard InChI is InChI=1S/C16H12F2N2O/c17-13-5-10(6-14(18)16(13)21)8-19-12-7-11-3-1-2-4-15(11)20-9-12/h1-7,9,19,21H,8H2. The zero-order valence-electron chi connectivity index (χ0n) is 11.0. The van der Waals surface area contributed by atoms with Gasteiger partial charge in [0.05, 0.1) is 17.4 Å². The molecule has 0 radical (unpaired) electrons. The van der Waals surface area contributed by atoms with Gasteiger partial charge in [-0.2, -0.15) is 0 Å². The minimum atomic E-state index is -0.969. The van der Waals surface area contributed by atoms with Gasteiger partial charge in [-0.3, -0.25) is 4.98 Å². The van der Waals surface area contributed by atoms with E-state index in [-0.39, 0.29) is 6.54 Å². The van der Waals surface area contributed by atoms with Gasteiger partial charge >= 0.3 is 0 Å². The molecule has 0 saturated heterocycles. The number of halogens is 2. The van der Waals surface area contributed by atoms with Gasteiger partial charge in [0.1, 0.15) is 0 Å². The number of nitrogens with zero attached hydrogens (tertiary/aromatic N) is 1. The number of nitrogens with one attached hydrogen (secondary N) is 1. The monoisotopic (exact) mass is 286 g/mol. The SMILES string of the molecule is Oc1c(F)cc(CNc2cnc3ccccc3c2)cc1F. The number of pyridine rings is 1. The van der Waals surface area contributed by atoms with E-state index in [4.69, 9.17) is 5.11 Å². The summed E-state index contributed by atoms with van der Waals surface area (Å²) in [6, 6.07) is 11.8. The normalized spacial score (nSPS) is 10.8. The summed E-state index contributed by atoms with van der Waals surface area (Å²) in [4.78, 5) is 4.29. The van der Waals surface area contributed by atoms with Crippen LogP contribution in [0.1, 0.15) is 5.56 Å². The molecule has 5 heteroatoms. The first-order valence-electron chi connectivity index (χ1n) is 6.39. The highest BCUT2D eigenvalue weighted by molar-refractivity contribution is 5.81. The van der Waals surface area contributed by atoms with Gasteiger partial charge in [0.15, 0.2) is 17.4 Å². The molecule has 0 spiro atoms. The number of rotatable bonds is 3. The predicted molar refractivity (Wildman–Crippen MR) is 77.1 cm³/mol. The fourth-order valence-electron chi connectivity index (χ4n) is 2.09. The minimum Gasteiger partial charge on any atom is -0.503 e. The predicted octanol–water partition coefficient (Wildman–Crippen LogP) is 3.83. The van der Waals surface area contributed by atoms with Crippen LogP contribution in [0.4, 0.5) is 14.5 Å². The molecule has 0 aliphatic carbocycles. The van der Waals surface area contributed by atoms with E-state index in [1.807, 2.05) is 30.3 Å². The molecule has 21 heavy (non-hydrogen) atoms. The second-order valence-corrected chi connectivity index (χ2v) is 4.68. The number of benzene rings is 2. The van der Waals surface area contributed by atoms with Gasteiger partial charge in [-0.1, -0.05) is 18.2 Å². The zero-order chi connectivity index (χ0) is 14.8. The average Bonchev–Trinajstić information content (AvgIpc) is 2.50. The zero-order valence-corrected chi connectivity index (χ0v) is 11.0. The maximum absolute atomic E-state index is 13.2. The largest absolute Gasteiger partial charge is 0.503 e. The van der Waals surface area contributed by atoms with Crippen LogP contribution in [-0.4, -0.2) is 10.1 Å². The van der Waals surface area contributed by atoms with Crippen molar-refractivity contribution in [3.63, 3.8) is 0 Å². The molecule has 2 N–H and O–H groups in total. The van der Waals surface area contributed by atoms with E-state index in [1.165, 1.54) is 0 Å². The first-order chi connectivity index (χ1) is 10.1. The van der Waals surface area contributed by atoms with Crippen molar-refractivity contribution in [2.24, 2.45) is 0 Å². The van der Waals surface area contributed by atoms with Crippen molar-refractivity contribution in [2.75, 3.05) is 5.32 Å². The van der Waals surface area contributed by atoms with Crippen LogP contribution in [0.2, 0.25) is 0 Å². The van der Waals surface area contributed by atoms with E-state index < -0.39 is 17.4 Å². The maximum atomic E-state index is 13.2. The second-order valence-electron chi connectivity index (χ2n) is 4.68. The number of para-hydroxylation sites is 1. The smallest absolute Gasteiger partial charge is 0.187 e. The Bertz CT molecular complexity index is 782. The fraction of sp³-hybridized carbons (Fsp3) is 0.0625. The van der Waals surface area contributed by atoms with Crippen molar-refractivity contribution in [1.29, 1.82) is 0 Å². The minimum absolute atomic E-state index is 0.230. The summed E-state index contributed by atoms with van der Waals surface area (Å²) in [6.45, 7) is 0.230. The van der Waals surface area contributed by atoms with Gasteiger partial charge in [0.2, 0.25) is 0 Å². The summed E-state index contributed by atoms with van der Waals surface area (Å²) >= 11 is 0. The Morgan fingerprint density at radius 3 is 2.52 bits per heavy atom. The molecule has 3 aromatic rings. The number of phenols is 1. The molecule has 2 aromatic carbocycles. The van der Waals surface area contributed by atoms with Crippen LogP contribution in [0, 0.1) is 11.6 Å². The van der Waals surface area contributed by atoms with Crippen LogP contribution in [0.3, 0.4) is 0 Å². The average molecular weight is 286 g/mol. The lowest BCUT2D eigenvalue weighted by Crippen LogP contribution is -2.01. The van der Waals surface area contributed by atoms with Crippen molar-refractivity contribution < 1.29 is 13.9 Å². The summed E-state index contributed by atoms with van der Waals surface area (Å²) < 4.78 is 26.5. The first-order valence-corrected chi connectivity index (χ1v) is 6.39. The number of aromatic nitrogens is 1. The molecule has 0 aliphatic heterocycles. The highest BCUT2D eigenvalue weighted by atomic mass is 19.1. The molecule has 1 heterocycles. The van der Waals surface area contributed by atoms with Gasteiger partial charge < -0.3 is 10.4 Å². The molecular weight excluding hydrogens is 274 g/mol. The third-order valence-corrected chi connectivity index (χ3v) is 3.16. The summed E-state index contributed by atoms with van der Waals surface area (Å²) in [5, 5.41) is 13.1. The van der Waals surface area contributed by atoms with Crippen molar-refractivity contribution in [2.45, 2.75) is 6.54 Å². The van der Waals surface area contributed by atoms with Crippen LogP contribution < -0.4 is 5.32 Å².